The van der Waals surface area contributed by atoms with E-state index in [1.54, 1.807) is 0 Å². The van der Waals surface area contributed by atoms with Gasteiger partial charge in [0.2, 0.25) is 0 Å². The molecule has 0 atom stereocenters. The number of hydrogen-bond acceptors (Lipinski definition) is 4. The third kappa shape index (κ3) is 2.68. The zero-order chi connectivity index (χ0) is 12.6. The molecule has 0 aliphatic heterocycles. The lowest BCUT2D eigenvalue weighted by Crippen LogP contribution is -2.34. The van der Waals surface area contributed by atoms with Crippen LogP contribution in [0.25, 0.3) is 11.5 Å². The highest BCUT2D eigenvalue weighted by atomic mass is 79.9. The van der Waals surface area contributed by atoms with E-state index in [0.717, 1.165) is 35.7 Å². The molecular formula is C13H15BrClN3O. The first-order valence-electron chi connectivity index (χ1n) is 6.07. The predicted octanol–water partition coefficient (Wildman–Crippen LogP) is 3.65. The summed E-state index contributed by atoms with van der Waals surface area (Å²) >= 11 is 3.48. The van der Waals surface area contributed by atoms with Crippen LogP contribution in [0, 0.1) is 0 Å². The minimum Gasteiger partial charge on any atom is -0.334 e. The average Bonchev–Trinajstić information content (AvgIpc) is 2.99. The van der Waals surface area contributed by atoms with Crippen molar-refractivity contribution in [3.8, 4) is 11.5 Å². The van der Waals surface area contributed by atoms with Crippen LogP contribution in [0.5, 0.6) is 0 Å². The number of aromatic nitrogens is 2. The van der Waals surface area contributed by atoms with Crippen LogP contribution in [0.2, 0.25) is 0 Å². The van der Waals surface area contributed by atoms with Gasteiger partial charge < -0.3 is 10.3 Å². The summed E-state index contributed by atoms with van der Waals surface area (Å²) in [5.41, 5.74) is 6.81. The summed E-state index contributed by atoms with van der Waals surface area (Å²) in [7, 11) is 0. The van der Waals surface area contributed by atoms with Gasteiger partial charge >= 0.3 is 0 Å². The Balaban J connectivity index is 0.00000133. The lowest BCUT2D eigenvalue weighted by molar-refractivity contribution is 0.372. The van der Waals surface area contributed by atoms with Crippen LogP contribution in [0.3, 0.4) is 0 Å². The Bertz CT molecular complexity index is 567. The van der Waals surface area contributed by atoms with E-state index in [1.165, 1.54) is 0 Å². The zero-order valence-electron chi connectivity index (χ0n) is 10.3. The van der Waals surface area contributed by atoms with Crippen molar-refractivity contribution in [2.45, 2.75) is 31.2 Å². The molecule has 0 unspecified atom stereocenters. The van der Waals surface area contributed by atoms with E-state index in [4.69, 9.17) is 10.3 Å². The molecule has 4 nitrogen and oxygen atoms in total. The van der Waals surface area contributed by atoms with E-state index in [0.29, 0.717) is 11.7 Å². The fraction of sp³-hybridized carbons (Fsp3) is 0.385. The summed E-state index contributed by atoms with van der Waals surface area (Å²) in [6, 6.07) is 7.79. The quantitative estimate of drug-likeness (QED) is 0.903. The van der Waals surface area contributed by atoms with Gasteiger partial charge in [-0.3, -0.25) is 0 Å². The van der Waals surface area contributed by atoms with Crippen LogP contribution in [0.15, 0.2) is 33.3 Å². The molecule has 1 aromatic carbocycles. The number of nitrogens with zero attached hydrogens (tertiary/aromatic N) is 2. The van der Waals surface area contributed by atoms with Crippen molar-refractivity contribution >= 4 is 28.3 Å². The normalized spacial score (nSPS) is 17.2. The standard InChI is InChI=1S/C13H14BrN3O.ClH/c14-10-6-2-1-5-9(10)11-16-12(17-18-11)13(15)7-3-4-8-13;/h1-2,5-6H,3-4,7-8,15H2;1H. The van der Waals surface area contributed by atoms with Crippen LogP contribution in [-0.2, 0) is 5.54 Å². The molecule has 1 aromatic heterocycles. The van der Waals surface area contributed by atoms with Crippen molar-refractivity contribution in [1.82, 2.24) is 10.1 Å². The van der Waals surface area contributed by atoms with Gasteiger partial charge in [0.1, 0.15) is 0 Å². The average molecular weight is 345 g/mol. The van der Waals surface area contributed by atoms with Crippen molar-refractivity contribution in [1.29, 1.82) is 0 Å². The molecule has 3 rings (SSSR count). The molecule has 0 radical (unpaired) electrons. The Morgan fingerprint density at radius 3 is 2.58 bits per heavy atom. The van der Waals surface area contributed by atoms with Gasteiger partial charge in [-0.2, -0.15) is 4.98 Å². The second-order valence-electron chi connectivity index (χ2n) is 4.77. The topological polar surface area (TPSA) is 64.9 Å². The second kappa shape index (κ2) is 5.61. The minimum atomic E-state index is -0.400. The Hall–Kier alpha value is -0.910. The van der Waals surface area contributed by atoms with Gasteiger partial charge in [-0.1, -0.05) is 30.1 Å². The Morgan fingerprint density at radius 1 is 1.21 bits per heavy atom. The first-order chi connectivity index (χ1) is 8.69. The number of nitrogens with two attached hydrogens (primary N) is 1. The number of benzene rings is 1. The highest BCUT2D eigenvalue weighted by Crippen LogP contribution is 2.36. The highest BCUT2D eigenvalue weighted by molar-refractivity contribution is 9.10. The Labute approximate surface area is 126 Å². The van der Waals surface area contributed by atoms with Crippen molar-refractivity contribution in [2.24, 2.45) is 5.73 Å². The van der Waals surface area contributed by atoms with E-state index >= 15 is 0 Å². The van der Waals surface area contributed by atoms with Gasteiger partial charge in [-0.05, 0) is 40.9 Å². The summed E-state index contributed by atoms with van der Waals surface area (Å²) in [6.07, 6.45) is 4.13. The first kappa shape index (κ1) is 14.5. The molecule has 19 heavy (non-hydrogen) atoms. The molecule has 0 spiro atoms. The molecule has 0 saturated heterocycles. The highest BCUT2D eigenvalue weighted by Gasteiger charge is 2.36. The molecule has 102 valence electrons. The SMILES string of the molecule is Cl.NC1(c2noc(-c3ccccc3Br)n2)CCCC1. The molecule has 1 fully saturated rings. The third-order valence-electron chi connectivity index (χ3n) is 3.47. The van der Waals surface area contributed by atoms with Crippen LogP contribution in [0.1, 0.15) is 31.5 Å². The number of halogens is 2. The maximum Gasteiger partial charge on any atom is 0.259 e. The third-order valence-corrected chi connectivity index (χ3v) is 4.16. The van der Waals surface area contributed by atoms with Gasteiger partial charge in [-0.25, -0.2) is 0 Å². The lowest BCUT2D eigenvalue weighted by Gasteiger charge is -2.17. The van der Waals surface area contributed by atoms with Crippen molar-refractivity contribution in [3.05, 3.63) is 34.6 Å². The van der Waals surface area contributed by atoms with Crippen LogP contribution in [-0.4, -0.2) is 10.1 Å². The first-order valence-corrected chi connectivity index (χ1v) is 6.86. The minimum absolute atomic E-state index is 0. The maximum absolute atomic E-state index is 6.31. The smallest absolute Gasteiger partial charge is 0.259 e. The van der Waals surface area contributed by atoms with E-state index in [-0.39, 0.29) is 12.4 Å². The van der Waals surface area contributed by atoms with E-state index in [9.17, 15) is 0 Å². The summed E-state index contributed by atoms with van der Waals surface area (Å²) in [5.74, 6) is 1.15. The fourth-order valence-corrected chi connectivity index (χ4v) is 2.85. The fourth-order valence-electron chi connectivity index (χ4n) is 2.40. The molecule has 2 N–H and O–H groups in total. The number of rotatable bonds is 2. The number of hydrogen-bond donors (Lipinski definition) is 1. The summed E-state index contributed by atoms with van der Waals surface area (Å²) in [5, 5.41) is 4.06. The van der Waals surface area contributed by atoms with Crippen molar-refractivity contribution < 1.29 is 4.52 Å². The predicted molar refractivity (Wildman–Crippen MR) is 79.0 cm³/mol. The Morgan fingerprint density at radius 2 is 1.89 bits per heavy atom. The van der Waals surface area contributed by atoms with E-state index < -0.39 is 5.54 Å². The van der Waals surface area contributed by atoms with Gasteiger partial charge in [-0.15, -0.1) is 12.4 Å². The maximum atomic E-state index is 6.31. The Kier molecular flexibility index (Phi) is 4.28. The molecule has 2 aromatic rings. The van der Waals surface area contributed by atoms with Crippen molar-refractivity contribution in [2.75, 3.05) is 0 Å². The van der Waals surface area contributed by atoms with Crippen LogP contribution in [0.4, 0.5) is 0 Å². The monoisotopic (exact) mass is 343 g/mol. The van der Waals surface area contributed by atoms with Crippen LogP contribution < -0.4 is 5.73 Å². The largest absolute Gasteiger partial charge is 0.334 e. The summed E-state index contributed by atoms with van der Waals surface area (Å²) in [6.45, 7) is 0. The van der Waals surface area contributed by atoms with Crippen molar-refractivity contribution in [3.63, 3.8) is 0 Å². The molecule has 0 bridgehead atoms. The molecule has 0 amide bonds. The molecular weight excluding hydrogens is 330 g/mol. The van der Waals surface area contributed by atoms with E-state index in [1.807, 2.05) is 24.3 Å². The molecule has 1 aliphatic carbocycles. The molecule has 1 heterocycles. The molecule has 1 aliphatic rings. The van der Waals surface area contributed by atoms with Gasteiger partial charge in [0.05, 0.1) is 11.1 Å². The second-order valence-corrected chi connectivity index (χ2v) is 5.62. The van der Waals surface area contributed by atoms with E-state index in [2.05, 4.69) is 26.1 Å². The van der Waals surface area contributed by atoms with Gasteiger partial charge in [0, 0.05) is 4.47 Å². The zero-order valence-corrected chi connectivity index (χ0v) is 12.7. The van der Waals surface area contributed by atoms with Gasteiger partial charge in [0.15, 0.2) is 5.82 Å². The lowest BCUT2D eigenvalue weighted by atomic mass is 9.99. The summed E-state index contributed by atoms with van der Waals surface area (Å²) in [4.78, 5) is 4.46. The van der Waals surface area contributed by atoms with Gasteiger partial charge in [0.25, 0.3) is 5.89 Å². The van der Waals surface area contributed by atoms with Crippen LogP contribution >= 0.6 is 28.3 Å². The molecule has 1 saturated carbocycles. The molecule has 6 heteroatoms. The summed E-state index contributed by atoms with van der Waals surface area (Å²) < 4.78 is 6.28.